The highest BCUT2D eigenvalue weighted by molar-refractivity contribution is 6.30. The summed E-state index contributed by atoms with van der Waals surface area (Å²) in [6.45, 7) is 2.02. The first kappa shape index (κ1) is 16.7. The molecule has 7 heteroatoms. The van der Waals surface area contributed by atoms with Gasteiger partial charge in [-0.2, -0.15) is 5.10 Å². The Morgan fingerprint density at radius 2 is 2.04 bits per heavy atom. The van der Waals surface area contributed by atoms with E-state index in [1.807, 2.05) is 24.3 Å². The van der Waals surface area contributed by atoms with Gasteiger partial charge in [0, 0.05) is 17.6 Å². The third kappa shape index (κ3) is 2.76. The van der Waals surface area contributed by atoms with Gasteiger partial charge in [-0.1, -0.05) is 23.7 Å². The van der Waals surface area contributed by atoms with Crippen molar-refractivity contribution >= 4 is 29.0 Å². The molecule has 1 aliphatic carbocycles. The lowest BCUT2D eigenvalue weighted by molar-refractivity contribution is 0.0528. The second-order valence-corrected chi connectivity index (χ2v) is 6.65. The second-order valence-electron chi connectivity index (χ2n) is 6.21. The third-order valence-electron chi connectivity index (χ3n) is 4.64. The lowest BCUT2D eigenvalue weighted by atomic mass is 9.82. The van der Waals surface area contributed by atoms with Gasteiger partial charge in [0.25, 0.3) is 0 Å². The van der Waals surface area contributed by atoms with Gasteiger partial charge < -0.3 is 4.74 Å². The van der Waals surface area contributed by atoms with Crippen molar-refractivity contribution in [2.45, 2.75) is 25.7 Å². The van der Waals surface area contributed by atoms with Crippen molar-refractivity contribution in [1.29, 1.82) is 0 Å². The average Bonchev–Trinajstić information content (AvgIpc) is 3.07. The zero-order chi connectivity index (χ0) is 18.3. The monoisotopic (exact) mass is 369 g/mol. The molecule has 2 heterocycles. The molecule has 0 spiro atoms. The predicted molar refractivity (Wildman–Crippen MR) is 95.8 cm³/mol. The van der Waals surface area contributed by atoms with E-state index >= 15 is 0 Å². The fourth-order valence-electron chi connectivity index (χ4n) is 3.37. The van der Waals surface area contributed by atoms with E-state index in [2.05, 4.69) is 10.1 Å². The maximum absolute atomic E-state index is 12.6. The highest BCUT2D eigenvalue weighted by atomic mass is 35.5. The van der Waals surface area contributed by atoms with E-state index < -0.39 is 5.97 Å². The Morgan fingerprint density at radius 1 is 1.27 bits per heavy atom. The first-order valence-corrected chi connectivity index (χ1v) is 8.77. The van der Waals surface area contributed by atoms with Crippen LogP contribution in [0.5, 0.6) is 0 Å². The van der Waals surface area contributed by atoms with Crippen LogP contribution < -0.4 is 0 Å². The molecule has 0 N–H and O–H groups in total. The van der Waals surface area contributed by atoms with Crippen LogP contribution in [0.15, 0.2) is 36.7 Å². The zero-order valence-electron chi connectivity index (χ0n) is 14.1. The number of fused-ring (bicyclic) bond motifs is 3. The van der Waals surface area contributed by atoms with Gasteiger partial charge in [0.2, 0.25) is 0 Å². The maximum Gasteiger partial charge on any atom is 0.343 e. The molecule has 1 unspecified atom stereocenters. The molecule has 0 fully saturated rings. The Morgan fingerprint density at radius 3 is 2.77 bits per heavy atom. The Hall–Kier alpha value is -2.73. The van der Waals surface area contributed by atoms with Gasteiger partial charge in [-0.15, -0.1) is 0 Å². The van der Waals surface area contributed by atoms with E-state index in [-0.39, 0.29) is 18.3 Å². The summed E-state index contributed by atoms with van der Waals surface area (Å²) in [5.74, 6) is -0.409. The molecule has 0 amide bonds. The molecule has 26 heavy (non-hydrogen) atoms. The topological polar surface area (TPSA) is 73.6 Å². The highest BCUT2D eigenvalue weighted by Crippen LogP contribution is 2.33. The molecule has 3 aromatic rings. The lowest BCUT2D eigenvalue weighted by Gasteiger charge is -2.24. The van der Waals surface area contributed by atoms with Gasteiger partial charge in [0.1, 0.15) is 5.56 Å². The van der Waals surface area contributed by atoms with Crippen LogP contribution in [0.1, 0.15) is 51.2 Å². The molecule has 0 radical (unpaired) electrons. The number of ketones is 1. The summed E-state index contributed by atoms with van der Waals surface area (Å²) in [6.07, 6.45) is 4.02. The minimum Gasteiger partial charge on any atom is -0.462 e. The molecule has 2 aromatic heterocycles. The molecule has 6 nitrogen and oxygen atoms in total. The molecule has 4 rings (SSSR count). The fraction of sp³-hybridized carbons (Fsp3) is 0.263. The Balaban J connectivity index is 1.78. The van der Waals surface area contributed by atoms with Gasteiger partial charge >= 0.3 is 5.97 Å². The minimum absolute atomic E-state index is 0.0220. The normalized spacial score (nSPS) is 16.5. The van der Waals surface area contributed by atoms with Crippen molar-refractivity contribution in [3.63, 3.8) is 0 Å². The van der Waals surface area contributed by atoms with Gasteiger partial charge in [0.15, 0.2) is 11.4 Å². The van der Waals surface area contributed by atoms with E-state index in [1.54, 1.807) is 11.4 Å². The van der Waals surface area contributed by atoms with E-state index in [1.165, 1.54) is 12.4 Å². The van der Waals surface area contributed by atoms with Crippen LogP contribution in [0, 0.1) is 0 Å². The maximum atomic E-state index is 12.6. The van der Waals surface area contributed by atoms with Crippen molar-refractivity contribution < 1.29 is 14.3 Å². The lowest BCUT2D eigenvalue weighted by Crippen LogP contribution is -2.22. The third-order valence-corrected chi connectivity index (χ3v) is 4.89. The summed E-state index contributed by atoms with van der Waals surface area (Å²) in [5, 5.41) is 4.95. The largest absolute Gasteiger partial charge is 0.462 e. The first-order chi connectivity index (χ1) is 12.6. The fourth-order valence-corrected chi connectivity index (χ4v) is 3.50. The summed E-state index contributed by atoms with van der Waals surface area (Å²) < 4.78 is 6.63. The summed E-state index contributed by atoms with van der Waals surface area (Å²) in [4.78, 5) is 29.0. The van der Waals surface area contributed by atoms with Crippen LogP contribution in [0.25, 0.3) is 5.65 Å². The SMILES string of the molecule is CCOC(=O)c1cnn2c3c(cnc12)C(=O)CC(c1ccc(Cl)cc1)C3. The van der Waals surface area contributed by atoms with E-state index in [0.29, 0.717) is 34.6 Å². The number of benzene rings is 1. The van der Waals surface area contributed by atoms with Crippen LogP contribution in [0.4, 0.5) is 0 Å². The zero-order valence-corrected chi connectivity index (χ0v) is 14.9. The number of hydrogen-bond acceptors (Lipinski definition) is 5. The van der Waals surface area contributed by atoms with Crippen LogP contribution in [0.2, 0.25) is 5.02 Å². The quantitative estimate of drug-likeness (QED) is 0.661. The summed E-state index contributed by atoms with van der Waals surface area (Å²) in [6, 6.07) is 7.53. The first-order valence-electron chi connectivity index (χ1n) is 8.40. The Labute approximate surface area is 154 Å². The minimum atomic E-state index is -0.466. The van der Waals surface area contributed by atoms with Crippen molar-refractivity contribution in [2.75, 3.05) is 6.61 Å². The number of hydrogen-bond donors (Lipinski definition) is 0. The molecule has 0 aliphatic heterocycles. The standard InChI is InChI=1S/C19H16ClN3O3/c1-2-26-19(25)15-10-22-23-16-7-12(11-3-5-13(20)6-4-11)8-17(24)14(16)9-21-18(15)23/h3-6,9-10,12H,2,7-8H2,1H3. The molecule has 0 saturated heterocycles. The molecular weight excluding hydrogens is 354 g/mol. The molecule has 1 aromatic carbocycles. The average molecular weight is 370 g/mol. The highest BCUT2D eigenvalue weighted by Gasteiger charge is 2.30. The Kier molecular flexibility index (Phi) is 4.20. The number of ether oxygens (including phenoxy) is 1. The van der Waals surface area contributed by atoms with Crippen molar-refractivity contribution in [3.05, 3.63) is 64.1 Å². The van der Waals surface area contributed by atoms with Gasteiger partial charge in [-0.25, -0.2) is 14.3 Å². The summed E-state index contributed by atoms with van der Waals surface area (Å²) in [5.41, 5.74) is 3.08. The van der Waals surface area contributed by atoms with Crippen molar-refractivity contribution in [1.82, 2.24) is 14.6 Å². The van der Waals surface area contributed by atoms with Crippen molar-refractivity contribution in [2.24, 2.45) is 0 Å². The van der Waals surface area contributed by atoms with E-state index in [4.69, 9.17) is 16.3 Å². The van der Waals surface area contributed by atoms with Crippen LogP contribution >= 0.6 is 11.6 Å². The van der Waals surface area contributed by atoms with E-state index in [0.717, 1.165) is 11.3 Å². The van der Waals surface area contributed by atoms with Crippen LogP contribution in [-0.4, -0.2) is 33.0 Å². The number of nitrogens with zero attached hydrogens (tertiary/aromatic N) is 3. The number of aromatic nitrogens is 3. The number of carbonyl (C=O) groups excluding carboxylic acids is 2. The molecule has 0 saturated carbocycles. The smallest absolute Gasteiger partial charge is 0.343 e. The van der Waals surface area contributed by atoms with Crippen LogP contribution in [-0.2, 0) is 11.2 Å². The molecular formula is C19H16ClN3O3. The molecule has 1 atom stereocenters. The number of rotatable bonds is 3. The summed E-state index contributed by atoms with van der Waals surface area (Å²) >= 11 is 5.96. The van der Waals surface area contributed by atoms with Crippen LogP contribution in [0.3, 0.4) is 0 Å². The van der Waals surface area contributed by atoms with E-state index in [9.17, 15) is 9.59 Å². The van der Waals surface area contributed by atoms with Gasteiger partial charge in [-0.05, 0) is 37.0 Å². The molecule has 0 bridgehead atoms. The number of halogens is 1. The number of Topliss-reactive ketones (excluding diaryl/α,β-unsaturated/α-hetero) is 1. The van der Waals surface area contributed by atoms with Gasteiger partial charge in [-0.3, -0.25) is 4.79 Å². The summed E-state index contributed by atoms with van der Waals surface area (Å²) in [7, 11) is 0. The Bertz CT molecular complexity index is 1010. The van der Waals surface area contributed by atoms with Crippen molar-refractivity contribution in [3.8, 4) is 0 Å². The molecule has 132 valence electrons. The number of esters is 1. The predicted octanol–water partition coefficient (Wildman–Crippen LogP) is 3.47. The second kappa shape index (κ2) is 6.53. The van der Waals surface area contributed by atoms with Gasteiger partial charge in [0.05, 0.1) is 24.1 Å². The molecule has 1 aliphatic rings. The number of carbonyl (C=O) groups is 2.